The predicted molar refractivity (Wildman–Crippen MR) is 181 cm³/mol. The van der Waals surface area contributed by atoms with Crippen molar-refractivity contribution < 1.29 is 0 Å². The van der Waals surface area contributed by atoms with Gasteiger partial charge in [0.05, 0.1) is 28.5 Å². The van der Waals surface area contributed by atoms with Crippen molar-refractivity contribution in [2.45, 2.75) is 52.1 Å². The molecular weight excluding hydrogens is 566 g/mol. The lowest BCUT2D eigenvalue weighted by atomic mass is 10.0. The summed E-state index contributed by atoms with van der Waals surface area (Å²) in [5, 5.41) is 0. The first-order chi connectivity index (χ1) is 22.7. The van der Waals surface area contributed by atoms with Crippen molar-refractivity contribution in [3.8, 4) is 0 Å². The van der Waals surface area contributed by atoms with Gasteiger partial charge in [-0.1, -0.05) is 54.6 Å². The fourth-order valence-corrected chi connectivity index (χ4v) is 5.62. The quantitative estimate of drug-likeness (QED) is 0.127. The smallest absolute Gasteiger partial charge is 0.0547 e. The van der Waals surface area contributed by atoms with Crippen LogP contribution < -0.4 is 0 Å². The van der Waals surface area contributed by atoms with Gasteiger partial charge in [-0.05, 0) is 84.6 Å². The zero-order chi connectivity index (χ0) is 31.2. The molecule has 0 amide bonds. The van der Waals surface area contributed by atoms with Crippen molar-refractivity contribution in [3.63, 3.8) is 0 Å². The van der Waals surface area contributed by atoms with Gasteiger partial charge in [0.25, 0.3) is 0 Å². The first-order valence-corrected chi connectivity index (χ1v) is 15.8. The average Bonchev–Trinajstić information content (AvgIpc) is 3.09. The topological polar surface area (TPSA) is 70.9 Å². The van der Waals surface area contributed by atoms with Crippen LogP contribution in [0.1, 0.15) is 45.3 Å². The molecule has 46 heavy (non-hydrogen) atoms. The molecule has 6 aromatic rings. The zero-order valence-electron chi connectivity index (χ0n) is 26.1. The lowest BCUT2D eigenvalue weighted by Crippen LogP contribution is -2.24. The van der Waals surface area contributed by atoms with Gasteiger partial charge in [0.1, 0.15) is 0 Å². The van der Waals surface area contributed by atoms with E-state index >= 15 is 0 Å². The van der Waals surface area contributed by atoms with Gasteiger partial charge in [0, 0.05) is 69.7 Å². The van der Waals surface area contributed by atoms with E-state index in [-0.39, 0.29) is 0 Å². The van der Waals surface area contributed by atoms with Crippen molar-refractivity contribution in [2.75, 3.05) is 0 Å². The molecule has 0 aliphatic rings. The molecule has 0 aliphatic carbocycles. The molecule has 7 heteroatoms. The largest absolute Gasteiger partial charge is 0.287 e. The summed E-state index contributed by atoms with van der Waals surface area (Å²) < 4.78 is 0. The molecule has 0 unspecified atom stereocenters. The highest BCUT2D eigenvalue weighted by atomic mass is 15.1. The fraction of sp³-hybridized carbons (Fsp3) is 0.205. The zero-order valence-corrected chi connectivity index (χ0v) is 26.1. The molecule has 0 saturated carbocycles. The summed E-state index contributed by atoms with van der Waals surface area (Å²) >= 11 is 0. The van der Waals surface area contributed by atoms with E-state index in [1.165, 1.54) is 11.1 Å². The summed E-state index contributed by atoms with van der Waals surface area (Å²) in [7, 11) is 0. The van der Waals surface area contributed by atoms with E-state index in [2.05, 4.69) is 96.5 Å². The van der Waals surface area contributed by atoms with E-state index in [4.69, 9.17) is 4.98 Å². The summed E-state index contributed by atoms with van der Waals surface area (Å²) in [4.78, 5) is 28.1. The highest BCUT2D eigenvalue weighted by Gasteiger charge is 2.13. The Hall–Kier alpha value is -5.11. The van der Waals surface area contributed by atoms with Gasteiger partial charge in [0.2, 0.25) is 0 Å². The standard InChI is InChI=1S/C39H39N7/c1-5-21-40-35(13-1)27-45(28-36-14-2-6-22-41-36)26-33-12-9-11-32(25-33)19-20-34-17-10-18-39(44-34)31-46(29-37-15-3-7-23-42-37)30-38-16-4-8-24-43-38/h1-18,21-25H,19-20,26-31H2. The number of rotatable bonds is 15. The normalized spacial score (nSPS) is 11.3. The Morgan fingerprint density at radius 2 is 0.761 bits per heavy atom. The minimum absolute atomic E-state index is 0.721. The van der Waals surface area contributed by atoms with Gasteiger partial charge in [-0.15, -0.1) is 0 Å². The van der Waals surface area contributed by atoms with Crippen molar-refractivity contribution in [3.05, 3.63) is 185 Å². The van der Waals surface area contributed by atoms with Crippen LogP contribution in [0.2, 0.25) is 0 Å². The Kier molecular flexibility index (Phi) is 10.9. The SMILES string of the molecule is c1ccc(CN(Cc2cccc(CCc3cccc(CN(Cc4ccccn4)Cc4ccccn4)n3)c2)Cc2ccccn2)nc1. The van der Waals surface area contributed by atoms with Crippen LogP contribution in [0.3, 0.4) is 0 Å². The Morgan fingerprint density at radius 3 is 1.26 bits per heavy atom. The van der Waals surface area contributed by atoms with Crippen LogP contribution in [0.4, 0.5) is 0 Å². The molecule has 6 rings (SSSR count). The molecule has 5 heterocycles. The lowest BCUT2D eigenvalue weighted by molar-refractivity contribution is 0.238. The molecule has 230 valence electrons. The molecule has 1 aromatic carbocycles. The molecular formula is C39H39N7. The molecule has 0 radical (unpaired) electrons. The minimum Gasteiger partial charge on any atom is -0.287 e. The van der Waals surface area contributed by atoms with Gasteiger partial charge in [-0.3, -0.25) is 34.7 Å². The first kappa shape index (κ1) is 30.9. The second-order valence-electron chi connectivity index (χ2n) is 11.5. The Bertz CT molecular complexity index is 1530. The van der Waals surface area contributed by atoms with Crippen LogP contribution in [0.25, 0.3) is 0 Å². The van der Waals surface area contributed by atoms with E-state index in [0.717, 1.165) is 86.3 Å². The molecule has 0 N–H and O–H groups in total. The summed E-state index contributed by atoms with van der Waals surface area (Å²) in [5.74, 6) is 0. The second-order valence-corrected chi connectivity index (χ2v) is 11.5. The van der Waals surface area contributed by atoms with E-state index in [0.29, 0.717) is 0 Å². The van der Waals surface area contributed by atoms with Crippen LogP contribution in [0, 0.1) is 0 Å². The number of benzene rings is 1. The maximum Gasteiger partial charge on any atom is 0.0547 e. The van der Waals surface area contributed by atoms with Crippen molar-refractivity contribution in [1.29, 1.82) is 0 Å². The maximum absolute atomic E-state index is 5.07. The molecule has 0 bridgehead atoms. The lowest BCUT2D eigenvalue weighted by Gasteiger charge is -2.22. The van der Waals surface area contributed by atoms with E-state index < -0.39 is 0 Å². The van der Waals surface area contributed by atoms with Crippen molar-refractivity contribution in [1.82, 2.24) is 34.7 Å². The average molecular weight is 606 g/mol. The number of hydrogen-bond donors (Lipinski definition) is 0. The third-order valence-corrected chi connectivity index (χ3v) is 7.76. The monoisotopic (exact) mass is 605 g/mol. The minimum atomic E-state index is 0.721. The van der Waals surface area contributed by atoms with Crippen LogP contribution in [0.15, 0.2) is 140 Å². The molecule has 0 saturated heterocycles. The van der Waals surface area contributed by atoms with Gasteiger partial charge >= 0.3 is 0 Å². The van der Waals surface area contributed by atoms with E-state index in [1.807, 2.05) is 73.3 Å². The molecule has 0 spiro atoms. The van der Waals surface area contributed by atoms with Crippen LogP contribution in [-0.2, 0) is 52.1 Å². The predicted octanol–water partition coefficient (Wildman–Crippen LogP) is 6.85. The number of aromatic nitrogens is 5. The van der Waals surface area contributed by atoms with Crippen molar-refractivity contribution >= 4 is 0 Å². The number of pyridine rings is 5. The van der Waals surface area contributed by atoms with Crippen LogP contribution >= 0.6 is 0 Å². The number of aryl methyl sites for hydroxylation is 2. The fourth-order valence-electron chi connectivity index (χ4n) is 5.62. The molecule has 0 fully saturated rings. The van der Waals surface area contributed by atoms with Gasteiger partial charge in [0.15, 0.2) is 0 Å². The van der Waals surface area contributed by atoms with E-state index in [1.54, 1.807) is 0 Å². The number of nitrogens with zero attached hydrogens (tertiary/aromatic N) is 7. The summed E-state index contributed by atoms with van der Waals surface area (Å²) in [6.07, 6.45) is 9.22. The third kappa shape index (κ3) is 9.69. The van der Waals surface area contributed by atoms with Crippen LogP contribution in [0.5, 0.6) is 0 Å². The van der Waals surface area contributed by atoms with Gasteiger partial charge in [-0.25, -0.2) is 0 Å². The summed E-state index contributed by atoms with van der Waals surface area (Å²) in [6.45, 7) is 4.52. The molecule has 0 aliphatic heterocycles. The van der Waals surface area contributed by atoms with Gasteiger partial charge < -0.3 is 0 Å². The Balaban J connectivity index is 1.10. The Labute approximate surface area is 271 Å². The summed E-state index contributed by atoms with van der Waals surface area (Å²) in [6, 6.07) is 39.6. The summed E-state index contributed by atoms with van der Waals surface area (Å²) in [5.41, 5.74) is 8.93. The maximum atomic E-state index is 5.07. The van der Waals surface area contributed by atoms with E-state index in [9.17, 15) is 0 Å². The second kappa shape index (κ2) is 16.3. The Morgan fingerprint density at radius 1 is 0.348 bits per heavy atom. The first-order valence-electron chi connectivity index (χ1n) is 15.8. The van der Waals surface area contributed by atoms with Crippen molar-refractivity contribution in [2.24, 2.45) is 0 Å². The number of hydrogen-bond acceptors (Lipinski definition) is 7. The third-order valence-electron chi connectivity index (χ3n) is 7.76. The highest BCUT2D eigenvalue weighted by Crippen LogP contribution is 2.16. The molecule has 7 nitrogen and oxygen atoms in total. The molecule has 5 aromatic heterocycles. The van der Waals surface area contributed by atoms with Gasteiger partial charge in [-0.2, -0.15) is 0 Å². The molecule has 0 atom stereocenters. The van der Waals surface area contributed by atoms with Crippen LogP contribution in [-0.4, -0.2) is 34.7 Å². The highest BCUT2D eigenvalue weighted by molar-refractivity contribution is 5.25.